The summed E-state index contributed by atoms with van der Waals surface area (Å²) in [5.41, 5.74) is -3.82. The fourth-order valence-corrected chi connectivity index (χ4v) is 10.6. The van der Waals surface area contributed by atoms with Crippen LogP contribution in [0.4, 0.5) is 9.59 Å². The fraction of sp³-hybridized carbons (Fsp3) is 0.593. The van der Waals surface area contributed by atoms with Crippen LogP contribution in [0.15, 0.2) is 72.8 Å². The molecule has 5 rings (SSSR count). The predicted molar refractivity (Wildman–Crippen MR) is 254 cm³/mol. The van der Waals surface area contributed by atoms with Gasteiger partial charge in [-0.2, -0.15) is 0 Å². The molecule has 3 aromatic carbocycles. The topological polar surface area (TPSA) is 132 Å². The summed E-state index contributed by atoms with van der Waals surface area (Å²) in [6.07, 6.45) is 0.227. The second-order valence-corrected chi connectivity index (χ2v) is 23.1. The van der Waals surface area contributed by atoms with Crippen molar-refractivity contribution in [2.24, 2.45) is 5.41 Å². The van der Waals surface area contributed by atoms with Gasteiger partial charge in [0, 0.05) is 47.8 Å². The third-order valence-electron chi connectivity index (χ3n) is 13.2. The Morgan fingerprint density at radius 3 is 1.25 bits per heavy atom. The Morgan fingerprint density at radius 1 is 0.600 bits per heavy atom. The van der Waals surface area contributed by atoms with Crippen molar-refractivity contribution in [3.63, 3.8) is 0 Å². The Bertz CT molecular complexity index is 2000. The number of phenolic OH excluding ortho intramolecular Hbond substituents is 1. The molecule has 65 heavy (non-hydrogen) atoms. The number of likely N-dealkylation sites (tertiary alicyclic amines) is 2. The van der Waals surface area contributed by atoms with Crippen LogP contribution in [0.5, 0.6) is 17.2 Å². The molecule has 1 N–H and O–H groups in total. The van der Waals surface area contributed by atoms with Crippen molar-refractivity contribution < 1.29 is 43.2 Å². The van der Waals surface area contributed by atoms with Crippen molar-refractivity contribution in [1.82, 2.24) is 9.80 Å². The summed E-state index contributed by atoms with van der Waals surface area (Å²) in [6, 6.07) is 21.7. The molecule has 2 saturated heterocycles. The fourth-order valence-electron chi connectivity index (χ4n) is 10.6. The van der Waals surface area contributed by atoms with Crippen molar-refractivity contribution in [2.75, 3.05) is 0 Å². The highest BCUT2D eigenvalue weighted by Gasteiger charge is 2.56. The van der Waals surface area contributed by atoms with Gasteiger partial charge in [0.15, 0.2) is 5.41 Å². The summed E-state index contributed by atoms with van der Waals surface area (Å²) >= 11 is 0. The Labute approximate surface area is 388 Å². The summed E-state index contributed by atoms with van der Waals surface area (Å²) in [6.45, 7) is 29.7. The largest absolute Gasteiger partial charge is 0.507 e. The summed E-state index contributed by atoms with van der Waals surface area (Å²) in [7, 11) is 0. The highest BCUT2D eigenvalue weighted by atomic mass is 16.6. The lowest BCUT2D eigenvalue weighted by molar-refractivity contribution is -0.187. The Hall–Kier alpha value is -5.06. The van der Waals surface area contributed by atoms with Crippen LogP contribution in [0.25, 0.3) is 0 Å². The van der Waals surface area contributed by atoms with Gasteiger partial charge in [-0.05, 0) is 120 Å². The first kappa shape index (κ1) is 50.9. The summed E-state index contributed by atoms with van der Waals surface area (Å²) < 4.78 is 24.9. The molecule has 11 nitrogen and oxygen atoms in total. The van der Waals surface area contributed by atoms with Gasteiger partial charge in [0.1, 0.15) is 29.5 Å². The number of unbranched alkanes of at least 4 members (excludes halogenated alkanes) is 1. The third kappa shape index (κ3) is 11.5. The number of para-hydroxylation sites is 2. The molecule has 0 spiro atoms. The SMILES string of the molecule is CCCCC(Cc1cc(C(C)(C)C)c(O)c(C(C)(C)C)c1)(C(=O)OC1CC(C)(C)N(C(=O)Oc2ccccc2)C(C)(C)C1)C(=O)OC1CC(C)(C)N(C(=O)Oc2ccccc2)C(C)(C)C1. The first-order valence-electron chi connectivity index (χ1n) is 23.4. The number of rotatable bonds is 11. The number of phenols is 1. The number of esters is 2. The number of carbonyl (C=O) groups is 4. The van der Waals surface area contributed by atoms with E-state index in [2.05, 4.69) is 0 Å². The molecule has 0 atom stereocenters. The van der Waals surface area contributed by atoms with Crippen molar-refractivity contribution in [1.29, 1.82) is 0 Å². The van der Waals surface area contributed by atoms with Gasteiger partial charge in [-0.3, -0.25) is 19.4 Å². The van der Waals surface area contributed by atoms with Crippen molar-refractivity contribution >= 4 is 24.1 Å². The minimum Gasteiger partial charge on any atom is -0.507 e. The first-order valence-corrected chi connectivity index (χ1v) is 23.4. The highest BCUT2D eigenvalue weighted by Crippen LogP contribution is 2.46. The van der Waals surface area contributed by atoms with Crippen LogP contribution >= 0.6 is 0 Å². The molecule has 0 radical (unpaired) electrons. The number of aromatic hydroxyl groups is 1. The van der Waals surface area contributed by atoms with E-state index in [0.717, 1.165) is 0 Å². The Morgan fingerprint density at radius 2 is 0.938 bits per heavy atom. The normalized spacial score (nSPS) is 18.7. The number of amides is 2. The molecular formula is C54H76N2O9. The van der Waals surface area contributed by atoms with Crippen LogP contribution < -0.4 is 9.47 Å². The summed E-state index contributed by atoms with van der Waals surface area (Å²) in [4.78, 5) is 62.0. The maximum atomic E-state index is 15.5. The standard InChI is InChI=1S/C54H76N2O9/c1-16-17-28-54(31-36-29-41(48(2,3)4)43(57)42(30-36)49(5,6)7,44(58)62-39-32-50(8,9)55(51(10,11)33-39)46(60)64-37-24-20-18-21-25-37)45(59)63-40-34-52(12,13)56(53(14,15)35-40)47(61)65-38-26-22-19-23-27-38/h18-27,29-30,39-40,57H,16-17,28,31-35H2,1-15H3. The number of benzene rings is 3. The van der Waals surface area contributed by atoms with Crippen molar-refractivity contribution in [3.8, 4) is 17.2 Å². The average Bonchev–Trinajstić information content (AvgIpc) is 3.14. The van der Waals surface area contributed by atoms with E-state index < -0.39 is 74.7 Å². The third-order valence-corrected chi connectivity index (χ3v) is 13.2. The number of piperidine rings is 2. The maximum Gasteiger partial charge on any atom is 0.416 e. The van der Waals surface area contributed by atoms with Crippen molar-refractivity contribution in [2.45, 2.75) is 200 Å². The quantitative estimate of drug-likeness (QED) is 0.148. The molecule has 2 amide bonds. The van der Waals surface area contributed by atoms with Crippen LogP contribution in [0.1, 0.15) is 165 Å². The molecule has 0 aromatic heterocycles. The van der Waals surface area contributed by atoms with E-state index in [1.54, 1.807) is 58.3 Å². The van der Waals surface area contributed by atoms with Gasteiger partial charge in [0.05, 0.1) is 0 Å². The molecule has 2 fully saturated rings. The van der Waals surface area contributed by atoms with Gasteiger partial charge >= 0.3 is 24.1 Å². The Balaban J connectivity index is 1.54. The zero-order valence-corrected chi connectivity index (χ0v) is 41.8. The average molecular weight is 897 g/mol. The van der Waals surface area contributed by atoms with Gasteiger partial charge in [0.2, 0.25) is 0 Å². The highest BCUT2D eigenvalue weighted by molar-refractivity contribution is 6.00. The zero-order valence-electron chi connectivity index (χ0n) is 41.8. The van der Waals surface area contributed by atoms with Gasteiger partial charge in [0.25, 0.3) is 0 Å². The monoisotopic (exact) mass is 897 g/mol. The lowest BCUT2D eigenvalue weighted by Crippen LogP contribution is -2.65. The molecule has 2 heterocycles. The maximum absolute atomic E-state index is 15.5. The molecular weight excluding hydrogens is 821 g/mol. The smallest absolute Gasteiger partial charge is 0.416 e. The number of nitrogens with zero attached hydrogens (tertiary/aromatic N) is 2. The number of hydrogen-bond donors (Lipinski definition) is 1. The Kier molecular flexibility index (Phi) is 14.6. The molecule has 0 saturated carbocycles. The molecule has 0 aliphatic carbocycles. The minimum absolute atomic E-state index is 0.0266. The van der Waals surface area contributed by atoms with Gasteiger partial charge in [-0.15, -0.1) is 0 Å². The first-order chi connectivity index (χ1) is 29.9. The lowest BCUT2D eigenvalue weighted by Gasteiger charge is -2.54. The van der Waals surface area contributed by atoms with Gasteiger partial charge in [-0.1, -0.05) is 110 Å². The number of ether oxygens (including phenoxy) is 4. The number of carbonyl (C=O) groups excluding carboxylic acids is 4. The van der Waals surface area contributed by atoms with Crippen LogP contribution in [0, 0.1) is 5.41 Å². The van der Waals surface area contributed by atoms with Crippen LogP contribution in [-0.2, 0) is 36.3 Å². The van der Waals surface area contributed by atoms with Crippen LogP contribution in [0.2, 0.25) is 0 Å². The summed E-state index contributed by atoms with van der Waals surface area (Å²) in [5, 5.41) is 11.7. The molecule has 0 bridgehead atoms. The van der Waals surface area contributed by atoms with E-state index in [1.165, 1.54) is 0 Å². The van der Waals surface area contributed by atoms with Crippen LogP contribution in [-0.4, -0.2) is 73.4 Å². The van der Waals surface area contributed by atoms with Crippen molar-refractivity contribution in [3.05, 3.63) is 89.5 Å². The van der Waals surface area contributed by atoms with E-state index in [4.69, 9.17) is 18.9 Å². The van der Waals surface area contributed by atoms with E-state index in [9.17, 15) is 14.7 Å². The second kappa shape index (κ2) is 18.7. The zero-order chi connectivity index (χ0) is 48.6. The van der Waals surface area contributed by atoms with Gasteiger partial charge in [-0.25, -0.2) is 9.59 Å². The van der Waals surface area contributed by atoms with E-state index in [1.807, 2.05) is 128 Å². The summed E-state index contributed by atoms with van der Waals surface area (Å²) in [5.74, 6) is -0.308. The number of hydrogen-bond acceptors (Lipinski definition) is 9. The lowest BCUT2D eigenvalue weighted by atomic mass is 9.73. The van der Waals surface area contributed by atoms with Gasteiger partial charge < -0.3 is 24.1 Å². The second-order valence-electron chi connectivity index (χ2n) is 23.1. The molecule has 3 aromatic rings. The predicted octanol–water partition coefficient (Wildman–Crippen LogP) is 12.2. The molecule has 2 aliphatic heterocycles. The van der Waals surface area contributed by atoms with E-state index in [0.29, 0.717) is 66.7 Å². The molecule has 356 valence electrons. The van der Waals surface area contributed by atoms with E-state index in [-0.39, 0.29) is 18.6 Å². The minimum atomic E-state index is -1.79. The molecule has 11 heteroatoms. The molecule has 2 aliphatic rings. The van der Waals surface area contributed by atoms with Crippen LogP contribution in [0.3, 0.4) is 0 Å². The van der Waals surface area contributed by atoms with E-state index >= 15 is 9.59 Å². The molecule has 0 unspecified atom stereocenters.